The van der Waals surface area contributed by atoms with E-state index >= 15 is 0 Å². The maximum absolute atomic E-state index is 12.7. The van der Waals surface area contributed by atoms with Crippen molar-refractivity contribution >= 4 is 44.6 Å². The van der Waals surface area contributed by atoms with Crippen LogP contribution >= 0.6 is 0 Å². The number of carbonyl (C=O) groups excluding carboxylic acids is 2. The first-order chi connectivity index (χ1) is 15.5. The highest BCUT2D eigenvalue weighted by Gasteiger charge is 2.23. The van der Waals surface area contributed by atoms with Crippen molar-refractivity contribution < 1.29 is 18.9 Å². The molecule has 0 atom stereocenters. The van der Waals surface area contributed by atoms with Crippen LogP contribution in [0.15, 0.2) is 48.0 Å². The average molecular weight is 434 g/mol. The largest absolute Gasteiger partial charge is 0.465 e. The molecule has 32 heavy (non-hydrogen) atoms. The third-order valence-corrected chi connectivity index (χ3v) is 5.70. The van der Waals surface area contributed by atoms with Crippen molar-refractivity contribution in [2.24, 2.45) is 5.29 Å². The highest BCUT2D eigenvalue weighted by molar-refractivity contribution is 6.23. The maximum atomic E-state index is 12.7. The van der Waals surface area contributed by atoms with Crippen LogP contribution in [0.2, 0.25) is 0 Å². The zero-order chi connectivity index (χ0) is 22.8. The van der Waals surface area contributed by atoms with Crippen molar-refractivity contribution in [1.82, 2.24) is 15.3 Å². The molecule has 0 aliphatic rings. The second-order valence-corrected chi connectivity index (χ2v) is 7.61. The molecule has 2 aromatic carbocycles. The molecule has 4 rings (SSSR count). The Morgan fingerprint density at radius 1 is 1.19 bits per heavy atom. The number of methoxy groups -OCH3 is 1. The quantitative estimate of drug-likeness (QED) is 0.159. The zero-order valence-corrected chi connectivity index (χ0v) is 18.1. The number of amides is 2. The van der Waals surface area contributed by atoms with Crippen molar-refractivity contribution in [3.8, 4) is 0 Å². The molecule has 2 aromatic heterocycles. The third-order valence-electron chi connectivity index (χ3n) is 5.70. The van der Waals surface area contributed by atoms with Gasteiger partial charge in [0.15, 0.2) is 12.4 Å². The molecule has 0 unspecified atom stereocenters. The van der Waals surface area contributed by atoms with Crippen LogP contribution in [0.4, 0.5) is 4.79 Å². The van der Waals surface area contributed by atoms with Crippen LogP contribution in [0, 0.1) is 11.8 Å². The molecule has 164 valence electrons. The number of aromatic amines is 1. The lowest BCUT2D eigenvalue weighted by Gasteiger charge is -2.10. The molecule has 0 spiro atoms. The first kappa shape index (κ1) is 21.2. The Hall–Kier alpha value is -4.01. The van der Waals surface area contributed by atoms with Crippen LogP contribution in [0.1, 0.15) is 22.3 Å². The Balaban J connectivity index is 1.74. The summed E-state index contributed by atoms with van der Waals surface area (Å²) in [5, 5.41) is 9.75. The number of hydrogen-bond donors (Lipinski definition) is 2. The van der Waals surface area contributed by atoms with Gasteiger partial charge in [-0.05, 0) is 18.6 Å². The van der Waals surface area contributed by atoms with Gasteiger partial charge in [-0.3, -0.25) is 0 Å². The molecule has 0 bridgehead atoms. The van der Waals surface area contributed by atoms with E-state index < -0.39 is 6.03 Å². The van der Waals surface area contributed by atoms with Gasteiger partial charge in [0, 0.05) is 47.8 Å². The van der Waals surface area contributed by atoms with E-state index in [4.69, 9.17) is 4.74 Å². The number of benzene rings is 2. The number of aryl methyl sites for hydroxylation is 2. The summed E-state index contributed by atoms with van der Waals surface area (Å²) in [7, 11) is 2.69. The number of nitrogens with zero attached hydrogens (tertiary/aromatic N) is 3. The highest BCUT2D eigenvalue weighted by atomic mass is 16.5. The summed E-state index contributed by atoms with van der Waals surface area (Å²) in [4.78, 5) is 38.1. The number of aromatic nitrogens is 2. The first-order valence-corrected chi connectivity index (χ1v) is 10.2. The van der Waals surface area contributed by atoms with Gasteiger partial charge in [-0.15, -0.1) is 4.91 Å². The fourth-order valence-corrected chi connectivity index (χ4v) is 4.11. The van der Waals surface area contributed by atoms with E-state index in [1.165, 1.54) is 14.2 Å². The molecule has 9 nitrogen and oxygen atoms in total. The molecule has 0 saturated heterocycles. The van der Waals surface area contributed by atoms with Crippen molar-refractivity contribution in [2.45, 2.75) is 19.9 Å². The summed E-state index contributed by atoms with van der Waals surface area (Å²) in [6, 6.07) is 9.35. The van der Waals surface area contributed by atoms with Crippen LogP contribution in [0.3, 0.4) is 0 Å². The number of ether oxygens (including phenoxy) is 1. The summed E-state index contributed by atoms with van der Waals surface area (Å²) in [6.45, 7) is 3.10. The van der Waals surface area contributed by atoms with E-state index in [1.54, 1.807) is 0 Å². The van der Waals surface area contributed by atoms with Crippen LogP contribution in [-0.2, 0) is 11.3 Å². The smallest absolute Gasteiger partial charge is 0.340 e. The molecule has 2 N–H and O–H groups in total. The monoisotopic (exact) mass is 434 g/mol. The van der Waals surface area contributed by atoms with E-state index in [-0.39, 0.29) is 5.97 Å². The van der Waals surface area contributed by atoms with Crippen LogP contribution in [0.5, 0.6) is 0 Å². The topological polar surface area (TPSA) is 108 Å². The Morgan fingerprint density at radius 2 is 1.97 bits per heavy atom. The summed E-state index contributed by atoms with van der Waals surface area (Å²) < 4.78 is 7.13. The number of urea groups is 1. The lowest BCUT2D eigenvalue weighted by atomic mass is 9.96. The third kappa shape index (κ3) is 3.62. The molecule has 0 aliphatic heterocycles. The van der Waals surface area contributed by atoms with Gasteiger partial charge in [-0.2, -0.15) is 5.01 Å². The van der Waals surface area contributed by atoms with Crippen molar-refractivity contribution in [2.75, 3.05) is 20.7 Å². The number of nitroso groups, excluding NO2 is 1. The van der Waals surface area contributed by atoms with E-state index in [0.29, 0.717) is 30.1 Å². The number of pyridine rings is 1. The fraction of sp³-hybridized carbons (Fsp3) is 0.261. The number of nitrogens with one attached hydrogen (secondary N) is 2. The molecular weight excluding hydrogens is 410 g/mol. The molecule has 2 heterocycles. The highest BCUT2D eigenvalue weighted by Crippen LogP contribution is 2.36. The standard InChI is InChI=1S/C23H23N5O4/c1-14-17-13-28(11-6-10-24-23(30)27(2)26-31)12-9-15(17)20(22(29)32-3)21-19(14)16-7-4-5-8-18(16)25-21/h4-5,7-9,12-13H,6,10-11H2,1-3H3,(H,24,30)/p+1. The number of carbonyl (C=O) groups is 2. The van der Waals surface area contributed by atoms with E-state index in [0.717, 1.165) is 38.1 Å². The molecule has 9 heteroatoms. The summed E-state index contributed by atoms with van der Waals surface area (Å²) in [5.41, 5.74) is 3.32. The molecule has 4 aromatic rings. The van der Waals surface area contributed by atoms with Gasteiger partial charge < -0.3 is 15.0 Å². The molecule has 0 aliphatic carbocycles. The van der Waals surface area contributed by atoms with Crippen molar-refractivity contribution in [3.05, 3.63) is 58.8 Å². The number of hydrogen-bond acceptors (Lipinski definition) is 5. The number of fused-ring (bicyclic) bond motifs is 4. The minimum absolute atomic E-state index is 0.389. The number of H-pyrrole nitrogens is 1. The van der Waals surface area contributed by atoms with E-state index in [9.17, 15) is 14.5 Å². The molecule has 0 radical (unpaired) electrons. The van der Waals surface area contributed by atoms with Gasteiger partial charge >= 0.3 is 12.0 Å². The normalized spacial score (nSPS) is 11.1. The number of rotatable bonds is 6. The summed E-state index contributed by atoms with van der Waals surface area (Å²) in [5.74, 6) is -0.389. The first-order valence-electron chi connectivity index (χ1n) is 10.2. The molecule has 0 fully saturated rings. The van der Waals surface area contributed by atoms with Gasteiger partial charge in [0.1, 0.15) is 6.54 Å². The molecule has 0 saturated carbocycles. The Kier molecular flexibility index (Phi) is 5.72. The van der Waals surface area contributed by atoms with Crippen LogP contribution in [-0.4, -0.2) is 42.7 Å². The minimum atomic E-state index is -0.538. The lowest BCUT2D eigenvalue weighted by Crippen LogP contribution is -2.38. The summed E-state index contributed by atoms with van der Waals surface area (Å²) >= 11 is 0. The number of para-hydroxylation sites is 1. The Bertz CT molecular complexity index is 1360. The lowest BCUT2D eigenvalue weighted by molar-refractivity contribution is -0.695. The van der Waals surface area contributed by atoms with Gasteiger partial charge in [0.25, 0.3) is 0 Å². The second-order valence-electron chi connectivity index (χ2n) is 7.61. The van der Waals surface area contributed by atoms with E-state index in [1.807, 2.05) is 47.3 Å². The zero-order valence-electron chi connectivity index (χ0n) is 18.1. The maximum Gasteiger partial charge on any atom is 0.340 e. The Morgan fingerprint density at radius 3 is 2.72 bits per heavy atom. The van der Waals surface area contributed by atoms with Crippen LogP contribution < -0.4 is 9.88 Å². The van der Waals surface area contributed by atoms with Crippen LogP contribution in [0.25, 0.3) is 32.6 Å². The second kappa shape index (κ2) is 8.62. The molecule has 2 amide bonds. The summed E-state index contributed by atoms with van der Waals surface area (Å²) in [6.07, 6.45) is 4.58. The minimum Gasteiger partial charge on any atom is -0.465 e. The SMILES string of the molecule is COC(=O)c1c2cc[n+](CCCNC(=O)N(C)N=O)cc2c(C)c2c1[nH]c1ccccc12. The molecular formula is C23H24N5O4+. The van der Waals surface area contributed by atoms with E-state index in [2.05, 4.69) is 22.5 Å². The van der Waals surface area contributed by atoms with Crippen molar-refractivity contribution in [3.63, 3.8) is 0 Å². The predicted octanol–water partition coefficient (Wildman–Crippen LogP) is 3.57. The van der Waals surface area contributed by atoms with Gasteiger partial charge in [0.05, 0.1) is 28.9 Å². The average Bonchev–Trinajstić information content (AvgIpc) is 3.20. The van der Waals surface area contributed by atoms with Gasteiger partial charge in [0.2, 0.25) is 0 Å². The number of esters is 1. The van der Waals surface area contributed by atoms with Gasteiger partial charge in [-0.1, -0.05) is 18.2 Å². The Labute approximate surface area is 183 Å². The van der Waals surface area contributed by atoms with Gasteiger partial charge in [-0.25, -0.2) is 14.2 Å². The predicted molar refractivity (Wildman–Crippen MR) is 121 cm³/mol. The fourth-order valence-electron chi connectivity index (χ4n) is 4.11. The van der Waals surface area contributed by atoms with Crippen molar-refractivity contribution in [1.29, 1.82) is 0 Å².